The van der Waals surface area contributed by atoms with Crippen molar-refractivity contribution in [3.05, 3.63) is 64.2 Å². The third-order valence-electron chi connectivity index (χ3n) is 5.21. The van der Waals surface area contributed by atoms with E-state index in [0.29, 0.717) is 12.1 Å². The summed E-state index contributed by atoms with van der Waals surface area (Å²) in [6.07, 6.45) is 1.85. The number of rotatable bonds is 7. The molecule has 1 amide bonds. The van der Waals surface area contributed by atoms with Crippen LogP contribution in [0.15, 0.2) is 36.4 Å². The van der Waals surface area contributed by atoms with Crippen LogP contribution >= 0.6 is 0 Å². The van der Waals surface area contributed by atoms with Crippen molar-refractivity contribution in [2.24, 2.45) is 0 Å². The van der Waals surface area contributed by atoms with Crippen LogP contribution in [0.3, 0.4) is 0 Å². The number of hydrogen-bond acceptors (Lipinski definition) is 3. The molecule has 0 aliphatic carbocycles. The molecule has 0 radical (unpaired) electrons. The van der Waals surface area contributed by atoms with E-state index in [0.717, 1.165) is 28.5 Å². The van der Waals surface area contributed by atoms with Gasteiger partial charge in [-0.05, 0) is 81.0 Å². The first-order chi connectivity index (χ1) is 13.4. The zero-order valence-corrected chi connectivity index (χ0v) is 19.2. The first-order valence-corrected chi connectivity index (χ1v) is 11.7. The van der Waals surface area contributed by atoms with Crippen LogP contribution in [0.25, 0.3) is 0 Å². The predicted molar refractivity (Wildman–Crippen MR) is 120 cm³/mol. The molecule has 0 saturated heterocycles. The second kappa shape index (κ2) is 8.99. The van der Waals surface area contributed by atoms with E-state index < -0.39 is 16.1 Å². The standard InChI is InChI=1S/C23H32N2O3S/c1-8-22(20-10-9-17(4)18(5)14-20)24-23(26)19(6)25(29(7,27)28)21-12-15(2)11-16(3)13-21/h9-14,19,22H,8H2,1-7H3,(H,24,26). The molecule has 2 aromatic rings. The van der Waals surface area contributed by atoms with E-state index >= 15 is 0 Å². The average Bonchev–Trinajstić information content (AvgIpc) is 2.60. The number of carbonyl (C=O) groups is 1. The molecule has 0 bridgehead atoms. The third kappa shape index (κ3) is 5.60. The summed E-state index contributed by atoms with van der Waals surface area (Å²) < 4.78 is 26.3. The van der Waals surface area contributed by atoms with Crippen molar-refractivity contribution in [1.29, 1.82) is 0 Å². The van der Waals surface area contributed by atoms with Gasteiger partial charge in [-0.3, -0.25) is 9.10 Å². The van der Waals surface area contributed by atoms with Gasteiger partial charge in [0.25, 0.3) is 0 Å². The number of amides is 1. The molecular weight excluding hydrogens is 384 g/mol. The summed E-state index contributed by atoms with van der Waals surface area (Å²) in [6.45, 7) is 11.5. The molecule has 0 heterocycles. The first kappa shape index (κ1) is 22.9. The fraction of sp³-hybridized carbons (Fsp3) is 0.435. The molecule has 2 aromatic carbocycles. The highest BCUT2D eigenvalue weighted by Gasteiger charge is 2.30. The minimum Gasteiger partial charge on any atom is -0.347 e. The van der Waals surface area contributed by atoms with Crippen LogP contribution in [-0.4, -0.2) is 26.6 Å². The topological polar surface area (TPSA) is 66.5 Å². The maximum Gasteiger partial charge on any atom is 0.244 e. The normalized spacial score (nSPS) is 13.6. The number of anilines is 1. The van der Waals surface area contributed by atoms with Gasteiger partial charge < -0.3 is 5.32 Å². The smallest absolute Gasteiger partial charge is 0.244 e. The number of benzene rings is 2. The molecule has 0 spiro atoms. The van der Waals surface area contributed by atoms with Gasteiger partial charge in [-0.1, -0.05) is 31.2 Å². The van der Waals surface area contributed by atoms with Crippen LogP contribution in [0.5, 0.6) is 0 Å². The summed E-state index contributed by atoms with van der Waals surface area (Å²) in [5.41, 5.74) is 5.78. The summed E-state index contributed by atoms with van der Waals surface area (Å²) in [5.74, 6) is -0.320. The number of sulfonamides is 1. The summed E-state index contributed by atoms with van der Waals surface area (Å²) in [7, 11) is -3.64. The largest absolute Gasteiger partial charge is 0.347 e. The molecule has 158 valence electrons. The highest BCUT2D eigenvalue weighted by molar-refractivity contribution is 7.92. The lowest BCUT2D eigenvalue weighted by Gasteiger charge is -2.30. The van der Waals surface area contributed by atoms with Crippen molar-refractivity contribution >= 4 is 21.6 Å². The van der Waals surface area contributed by atoms with Crippen LogP contribution in [0.1, 0.15) is 54.1 Å². The number of aryl methyl sites for hydroxylation is 4. The van der Waals surface area contributed by atoms with Gasteiger partial charge in [0.2, 0.25) is 15.9 Å². The number of hydrogen-bond donors (Lipinski definition) is 1. The molecule has 0 fully saturated rings. The molecule has 2 unspecified atom stereocenters. The van der Waals surface area contributed by atoms with Crippen LogP contribution in [0.4, 0.5) is 5.69 Å². The van der Waals surface area contributed by atoms with Gasteiger partial charge in [-0.15, -0.1) is 0 Å². The van der Waals surface area contributed by atoms with Gasteiger partial charge in [0.15, 0.2) is 0 Å². The SMILES string of the molecule is CCC(NC(=O)C(C)N(c1cc(C)cc(C)c1)S(C)(=O)=O)c1ccc(C)c(C)c1. The zero-order chi connectivity index (χ0) is 21.9. The van der Waals surface area contributed by atoms with Crippen LogP contribution in [0, 0.1) is 27.7 Å². The third-order valence-corrected chi connectivity index (χ3v) is 6.45. The lowest BCUT2D eigenvalue weighted by atomic mass is 9.99. The minimum atomic E-state index is -3.64. The second-order valence-electron chi connectivity index (χ2n) is 7.89. The summed E-state index contributed by atoms with van der Waals surface area (Å²) in [5, 5.41) is 3.04. The fourth-order valence-corrected chi connectivity index (χ4v) is 4.74. The maximum atomic E-state index is 13.1. The Morgan fingerprint density at radius 2 is 1.59 bits per heavy atom. The van der Waals surface area contributed by atoms with Crippen molar-refractivity contribution in [3.8, 4) is 0 Å². The van der Waals surface area contributed by atoms with E-state index in [-0.39, 0.29) is 11.9 Å². The average molecular weight is 417 g/mol. The quantitative estimate of drug-likeness (QED) is 0.730. The molecule has 5 nitrogen and oxygen atoms in total. The Morgan fingerprint density at radius 1 is 1.00 bits per heavy atom. The molecule has 0 aliphatic heterocycles. The highest BCUT2D eigenvalue weighted by atomic mass is 32.2. The van der Waals surface area contributed by atoms with Gasteiger partial charge in [0, 0.05) is 0 Å². The maximum absolute atomic E-state index is 13.1. The van der Waals surface area contributed by atoms with E-state index in [9.17, 15) is 13.2 Å². The van der Waals surface area contributed by atoms with Crippen LogP contribution in [0.2, 0.25) is 0 Å². The molecule has 29 heavy (non-hydrogen) atoms. The van der Waals surface area contributed by atoms with E-state index in [1.807, 2.05) is 45.9 Å². The highest BCUT2D eigenvalue weighted by Crippen LogP contribution is 2.25. The molecule has 0 saturated carbocycles. The van der Waals surface area contributed by atoms with Crippen LogP contribution in [-0.2, 0) is 14.8 Å². The van der Waals surface area contributed by atoms with Gasteiger partial charge in [-0.2, -0.15) is 0 Å². The molecular formula is C23H32N2O3S. The van der Waals surface area contributed by atoms with Crippen molar-refractivity contribution < 1.29 is 13.2 Å². The fourth-order valence-electron chi connectivity index (χ4n) is 3.58. The summed E-state index contributed by atoms with van der Waals surface area (Å²) in [6, 6.07) is 10.6. The Morgan fingerprint density at radius 3 is 2.07 bits per heavy atom. The Labute approximate surface area is 175 Å². The lowest BCUT2D eigenvalue weighted by molar-refractivity contribution is -0.122. The summed E-state index contributed by atoms with van der Waals surface area (Å²) in [4.78, 5) is 13.1. The van der Waals surface area contributed by atoms with Crippen molar-refractivity contribution in [1.82, 2.24) is 5.32 Å². The van der Waals surface area contributed by atoms with E-state index in [2.05, 4.69) is 18.3 Å². The Kier molecular flexibility index (Phi) is 7.11. The summed E-state index contributed by atoms with van der Waals surface area (Å²) >= 11 is 0. The van der Waals surface area contributed by atoms with E-state index in [4.69, 9.17) is 0 Å². The van der Waals surface area contributed by atoms with Crippen molar-refractivity contribution in [2.75, 3.05) is 10.6 Å². The lowest BCUT2D eigenvalue weighted by Crippen LogP contribution is -2.48. The monoisotopic (exact) mass is 416 g/mol. The van der Waals surface area contributed by atoms with Gasteiger partial charge in [0.05, 0.1) is 18.0 Å². The predicted octanol–water partition coefficient (Wildman–Crippen LogP) is 4.34. The van der Waals surface area contributed by atoms with Crippen molar-refractivity contribution in [2.45, 2.75) is 60.0 Å². The van der Waals surface area contributed by atoms with Crippen molar-refractivity contribution in [3.63, 3.8) is 0 Å². The Bertz CT molecular complexity index is 979. The van der Waals surface area contributed by atoms with E-state index in [1.54, 1.807) is 19.1 Å². The molecule has 1 N–H and O–H groups in total. The molecule has 0 aromatic heterocycles. The Balaban J connectivity index is 2.34. The number of carbonyl (C=O) groups excluding carboxylic acids is 1. The molecule has 2 atom stereocenters. The molecule has 2 rings (SSSR count). The van der Waals surface area contributed by atoms with E-state index in [1.165, 1.54) is 9.87 Å². The van der Waals surface area contributed by atoms with Gasteiger partial charge >= 0.3 is 0 Å². The molecule has 0 aliphatic rings. The van der Waals surface area contributed by atoms with Gasteiger partial charge in [-0.25, -0.2) is 8.42 Å². The second-order valence-corrected chi connectivity index (χ2v) is 9.75. The van der Waals surface area contributed by atoms with Gasteiger partial charge in [0.1, 0.15) is 6.04 Å². The Hall–Kier alpha value is -2.34. The zero-order valence-electron chi connectivity index (χ0n) is 18.4. The minimum absolute atomic E-state index is 0.176. The number of nitrogens with zero attached hydrogens (tertiary/aromatic N) is 1. The van der Waals surface area contributed by atoms with Crippen LogP contribution < -0.4 is 9.62 Å². The first-order valence-electron chi connectivity index (χ1n) is 9.89. The molecule has 6 heteroatoms. The number of nitrogens with one attached hydrogen (secondary N) is 1.